The zero-order chi connectivity index (χ0) is 14.7. The normalized spacial score (nSPS) is 17.5. The lowest BCUT2D eigenvalue weighted by Gasteiger charge is -2.24. The summed E-state index contributed by atoms with van der Waals surface area (Å²) in [5.74, 6) is 3.01. The predicted octanol–water partition coefficient (Wildman–Crippen LogP) is 2.32. The third kappa shape index (κ3) is 2.93. The fourth-order valence-corrected chi connectivity index (χ4v) is 2.91. The van der Waals surface area contributed by atoms with Crippen LogP contribution in [0.1, 0.15) is 43.0 Å². The van der Waals surface area contributed by atoms with Crippen molar-refractivity contribution in [2.45, 2.75) is 38.8 Å². The number of hydrogen-bond donors (Lipinski definition) is 1. The molecule has 1 aromatic heterocycles. The minimum atomic E-state index is 0.343. The molecular weight excluding hydrogens is 264 g/mol. The minimum absolute atomic E-state index is 0.343. The highest BCUT2D eigenvalue weighted by atomic mass is 16.5. The van der Waals surface area contributed by atoms with E-state index in [1.165, 1.54) is 5.56 Å². The lowest BCUT2D eigenvalue weighted by molar-refractivity contribution is 0.388. The van der Waals surface area contributed by atoms with Gasteiger partial charge >= 0.3 is 0 Å². The zero-order valence-corrected chi connectivity index (χ0v) is 12.7. The summed E-state index contributed by atoms with van der Waals surface area (Å²) >= 11 is 0. The van der Waals surface area contributed by atoms with E-state index in [-0.39, 0.29) is 0 Å². The molecule has 1 aliphatic heterocycles. The van der Waals surface area contributed by atoms with Gasteiger partial charge in [0.25, 0.3) is 0 Å². The monoisotopic (exact) mass is 286 g/mol. The smallest absolute Gasteiger partial charge is 0.150 e. The highest BCUT2D eigenvalue weighted by molar-refractivity contribution is 5.30. The summed E-state index contributed by atoms with van der Waals surface area (Å²) in [6, 6.07) is 8.49. The van der Waals surface area contributed by atoms with Crippen molar-refractivity contribution in [3.8, 4) is 5.75 Å². The van der Waals surface area contributed by atoms with Crippen LogP contribution < -0.4 is 10.1 Å². The molecule has 112 valence electrons. The molecule has 0 saturated heterocycles. The molecular formula is C16H22N4O. The van der Waals surface area contributed by atoms with Gasteiger partial charge in [-0.3, -0.25) is 0 Å². The molecule has 1 aromatic carbocycles. The van der Waals surface area contributed by atoms with E-state index < -0.39 is 0 Å². The zero-order valence-electron chi connectivity index (χ0n) is 12.7. The Morgan fingerprint density at radius 1 is 1.38 bits per heavy atom. The summed E-state index contributed by atoms with van der Waals surface area (Å²) in [6.45, 7) is 4.14. The summed E-state index contributed by atoms with van der Waals surface area (Å²) in [6.07, 6.45) is 3.05. The number of aromatic nitrogens is 3. The van der Waals surface area contributed by atoms with Crippen molar-refractivity contribution >= 4 is 0 Å². The van der Waals surface area contributed by atoms with Gasteiger partial charge in [0.1, 0.15) is 17.4 Å². The van der Waals surface area contributed by atoms with Gasteiger partial charge in [0.05, 0.1) is 13.2 Å². The average Bonchev–Trinajstić information content (AvgIpc) is 2.92. The molecule has 0 saturated carbocycles. The molecule has 0 amide bonds. The van der Waals surface area contributed by atoms with E-state index in [9.17, 15) is 0 Å². The summed E-state index contributed by atoms with van der Waals surface area (Å²) < 4.78 is 7.56. The highest BCUT2D eigenvalue weighted by Gasteiger charge is 2.23. The molecule has 1 N–H and O–H groups in total. The Labute approximate surface area is 125 Å². The second-order valence-electron chi connectivity index (χ2n) is 5.45. The van der Waals surface area contributed by atoms with Gasteiger partial charge in [-0.2, -0.15) is 0 Å². The molecule has 5 nitrogen and oxygen atoms in total. The average molecular weight is 286 g/mol. The topological polar surface area (TPSA) is 52.0 Å². The Balaban J connectivity index is 1.83. The number of methoxy groups -OCH3 is 1. The first-order chi connectivity index (χ1) is 10.3. The Morgan fingerprint density at radius 3 is 3.10 bits per heavy atom. The Morgan fingerprint density at radius 2 is 2.29 bits per heavy atom. The number of rotatable bonds is 5. The number of fused-ring (bicyclic) bond motifs is 1. The van der Waals surface area contributed by atoms with Crippen LogP contribution in [0.2, 0.25) is 0 Å². The number of nitrogens with zero attached hydrogens (tertiary/aromatic N) is 3. The first kappa shape index (κ1) is 14.1. The predicted molar refractivity (Wildman–Crippen MR) is 81.5 cm³/mol. The van der Waals surface area contributed by atoms with Crippen molar-refractivity contribution in [3.63, 3.8) is 0 Å². The molecule has 0 aliphatic carbocycles. The standard InChI is InChI=1S/C16H22N4O/c1-3-5-14-16-19-18-15(20(16)9-8-17-14)11-12-6-4-7-13(10-12)21-2/h4,6-7,10,14,17H,3,5,8-9,11H2,1-2H3. The van der Waals surface area contributed by atoms with E-state index >= 15 is 0 Å². The van der Waals surface area contributed by atoms with Gasteiger partial charge in [0.2, 0.25) is 0 Å². The maximum atomic E-state index is 5.28. The van der Waals surface area contributed by atoms with Crippen molar-refractivity contribution in [1.29, 1.82) is 0 Å². The van der Waals surface area contributed by atoms with Crippen molar-refractivity contribution < 1.29 is 4.74 Å². The van der Waals surface area contributed by atoms with Crippen LogP contribution in [0.4, 0.5) is 0 Å². The number of ether oxygens (including phenoxy) is 1. The molecule has 2 aromatic rings. The van der Waals surface area contributed by atoms with E-state index in [4.69, 9.17) is 4.74 Å². The van der Waals surface area contributed by atoms with Crippen LogP contribution in [0.5, 0.6) is 5.75 Å². The number of nitrogens with one attached hydrogen (secondary N) is 1. The van der Waals surface area contributed by atoms with E-state index in [0.29, 0.717) is 6.04 Å². The molecule has 21 heavy (non-hydrogen) atoms. The second kappa shape index (κ2) is 6.26. The summed E-state index contributed by atoms with van der Waals surface area (Å²) in [4.78, 5) is 0. The molecule has 0 spiro atoms. The molecule has 0 bridgehead atoms. The summed E-state index contributed by atoms with van der Waals surface area (Å²) in [5.41, 5.74) is 1.20. The fraction of sp³-hybridized carbons (Fsp3) is 0.500. The molecule has 0 radical (unpaired) electrons. The van der Waals surface area contributed by atoms with Gasteiger partial charge in [-0.25, -0.2) is 0 Å². The third-order valence-electron chi connectivity index (χ3n) is 3.97. The van der Waals surface area contributed by atoms with Crippen LogP contribution in [0.25, 0.3) is 0 Å². The minimum Gasteiger partial charge on any atom is -0.497 e. The Kier molecular flexibility index (Phi) is 4.20. The van der Waals surface area contributed by atoms with Crippen molar-refractivity contribution in [3.05, 3.63) is 41.5 Å². The first-order valence-corrected chi connectivity index (χ1v) is 7.60. The van der Waals surface area contributed by atoms with Crippen LogP contribution >= 0.6 is 0 Å². The number of benzene rings is 1. The molecule has 1 aliphatic rings. The van der Waals surface area contributed by atoms with E-state index in [1.54, 1.807) is 7.11 Å². The largest absolute Gasteiger partial charge is 0.497 e. The molecule has 0 fully saturated rings. The van der Waals surface area contributed by atoms with Crippen molar-refractivity contribution in [1.82, 2.24) is 20.1 Å². The fourth-order valence-electron chi connectivity index (χ4n) is 2.91. The van der Waals surface area contributed by atoms with Gasteiger partial charge in [0, 0.05) is 19.5 Å². The summed E-state index contributed by atoms with van der Waals surface area (Å²) in [5, 5.41) is 12.4. The van der Waals surface area contributed by atoms with Gasteiger partial charge in [-0.05, 0) is 24.1 Å². The van der Waals surface area contributed by atoms with Gasteiger partial charge in [-0.15, -0.1) is 10.2 Å². The Bertz CT molecular complexity index is 608. The van der Waals surface area contributed by atoms with Crippen LogP contribution in [0, 0.1) is 0 Å². The van der Waals surface area contributed by atoms with Crippen molar-refractivity contribution in [2.24, 2.45) is 0 Å². The molecule has 3 rings (SSSR count). The van der Waals surface area contributed by atoms with E-state index in [1.807, 2.05) is 12.1 Å². The molecule has 2 heterocycles. The maximum Gasteiger partial charge on any atom is 0.150 e. The molecule has 5 heteroatoms. The van der Waals surface area contributed by atoms with E-state index in [0.717, 1.165) is 49.8 Å². The van der Waals surface area contributed by atoms with Crippen LogP contribution in [0.15, 0.2) is 24.3 Å². The third-order valence-corrected chi connectivity index (χ3v) is 3.97. The molecule has 1 atom stereocenters. The van der Waals surface area contributed by atoms with Gasteiger partial charge < -0.3 is 14.6 Å². The lowest BCUT2D eigenvalue weighted by Crippen LogP contribution is -2.34. The van der Waals surface area contributed by atoms with Crippen LogP contribution in [-0.4, -0.2) is 28.4 Å². The van der Waals surface area contributed by atoms with Gasteiger partial charge in [-0.1, -0.05) is 25.5 Å². The SMILES string of the molecule is CCCC1NCCn2c(Cc3cccc(OC)c3)nnc21. The van der Waals surface area contributed by atoms with Crippen molar-refractivity contribution in [2.75, 3.05) is 13.7 Å². The van der Waals surface area contributed by atoms with Gasteiger partial charge in [0.15, 0.2) is 0 Å². The van der Waals surface area contributed by atoms with Crippen LogP contribution in [-0.2, 0) is 13.0 Å². The maximum absolute atomic E-state index is 5.28. The summed E-state index contributed by atoms with van der Waals surface area (Å²) in [7, 11) is 1.69. The van der Waals surface area contributed by atoms with Crippen LogP contribution in [0.3, 0.4) is 0 Å². The van der Waals surface area contributed by atoms with E-state index in [2.05, 4.69) is 39.1 Å². The highest BCUT2D eigenvalue weighted by Crippen LogP contribution is 2.22. The first-order valence-electron chi connectivity index (χ1n) is 7.60. The lowest BCUT2D eigenvalue weighted by atomic mass is 10.1. The number of hydrogen-bond acceptors (Lipinski definition) is 4. The second-order valence-corrected chi connectivity index (χ2v) is 5.45. The Hall–Kier alpha value is -1.88. The quantitative estimate of drug-likeness (QED) is 0.916. The molecule has 1 unspecified atom stereocenters.